The molecule has 0 fully saturated rings. The first-order valence-electron chi connectivity index (χ1n) is 9.24. The molecule has 0 spiro atoms. The second kappa shape index (κ2) is 8.27. The molecular weight excluding hydrogens is 367 g/mol. The molecule has 0 unspecified atom stereocenters. The Balaban J connectivity index is 1.83. The molecule has 0 saturated carbocycles. The number of ether oxygens (including phenoxy) is 1. The molecule has 0 atom stereocenters. The highest BCUT2D eigenvalue weighted by Crippen LogP contribution is 2.27. The Morgan fingerprint density at radius 3 is 2.17 bits per heavy atom. The lowest BCUT2D eigenvalue weighted by Crippen LogP contribution is -2.28. The van der Waals surface area contributed by atoms with Crippen molar-refractivity contribution in [3.05, 3.63) is 78.6 Å². The van der Waals surface area contributed by atoms with E-state index in [1.54, 1.807) is 24.3 Å². The number of hydrogen-bond donors (Lipinski definition) is 1. The molecule has 0 aliphatic rings. The van der Waals surface area contributed by atoms with Crippen molar-refractivity contribution in [2.45, 2.75) is 20.8 Å². The van der Waals surface area contributed by atoms with Crippen molar-refractivity contribution < 1.29 is 13.9 Å². The average molecular weight is 390 g/mol. The molecule has 1 amide bonds. The molecule has 4 nitrogen and oxygen atoms in total. The predicted molar refractivity (Wildman–Crippen MR) is 114 cm³/mol. The van der Waals surface area contributed by atoms with Gasteiger partial charge in [0.05, 0.1) is 5.69 Å². The number of carbonyl (C=O) groups excluding carboxylic acids is 1. The van der Waals surface area contributed by atoms with Crippen molar-refractivity contribution in [2.75, 3.05) is 5.32 Å². The Morgan fingerprint density at radius 1 is 1.03 bits per heavy atom. The molecule has 29 heavy (non-hydrogen) atoms. The van der Waals surface area contributed by atoms with Crippen LogP contribution in [0, 0.1) is 11.2 Å². The van der Waals surface area contributed by atoms with Gasteiger partial charge >= 0.3 is 0 Å². The lowest BCUT2D eigenvalue weighted by Gasteiger charge is -2.18. The van der Waals surface area contributed by atoms with E-state index in [2.05, 4.69) is 16.9 Å². The Hall–Kier alpha value is -3.47. The van der Waals surface area contributed by atoms with Gasteiger partial charge in [0, 0.05) is 11.0 Å². The molecule has 0 radical (unpaired) electrons. The van der Waals surface area contributed by atoms with E-state index in [-0.39, 0.29) is 11.7 Å². The number of aromatic nitrogens is 1. The van der Waals surface area contributed by atoms with E-state index in [0.29, 0.717) is 23.0 Å². The number of hydrogen-bond acceptors (Lipinski definition) is 3. The third-order valence-electron chi connectivity index (χ3n) is 4.21. The number of nitrogens with one attached hydrogen (secondary N) is 1. The van der Waals surface area contributed by atoms with Crippen LogP contribution in [0.4, 0.5) is 10.2 Å². The highest BCUT2D eigenvalue weighted by molar-refractivity contribution is 5.94. The van der Waals surface area contributed by atoms with Crippen LogP contribution in [0.1, 0.15) is 26.3 Å². The van der Waals surface area contributed by atoms with Crippen LogP contribution in [0.3, 0.4) is 0 Å². The number of pyridine rings is 1. The Bertz CT molecular complexity index is 1020. The van der Waals surface area contributed by atoms with Crippen LogP contribution >= 0.6 is 0 Å². The van der Waals surface area contributed by atoms with Gasteiger partial charge in [-0.1, -0.05) is 33.4 Å². The maximum atomic E-state index is 13.0. The van der Waals surface area contributed by atoms with Crippen LogP contribution in [0.15, 0.2) is 67.2 Å². The maximum Gasteiger partial charge on any atom is 0.230 e. The highest BCUT2D eigenvalue weighted by atomic mass is 19.1. The predicted octanol–water partition coefficient (Wildman–Crippen LogP) is 6.31. The van der Waals surface area contributed by atoms with E-state index in [4.69, 9.17) is 4.74 Å². The normalized spacial score (nSPS) is 11.0. The Morgan fingerprint density at radius 2 is 1.62 bits per heavy atom. The average Bonchev–Trinajstić information content (AvgIpc) is 2.69. The van der Waals surface area contributed by atoms with Gasteiger partial charge in [0.25, 0.3) is 0 Å². The zero-order chi connectivity index (χ0) is 21.0. The lowest BCUT2D eigenvalue weighted by atomic mass is 9.96. The van der Waals surface area contributed by atoms with Crippen LogP contribution in [0.2, 0.25) is 0 Å². The summed E-state index contributed by atoms with van der Waals surface area (Å²) in [5, 5.41) is 2.86. The van der Waals surface area contributed by atoms with E-state index in [1.165, 1.54) is 12.1 Å². The van der Waals surface area contributed by atoms with Crippen molar-refractivity contribution >= 4 is 17.8 Å². The zero-order valence-corrected chi connectivity index (χ0v) is 16.7. The van der Waals surface area contributed by atoms with E-state index < -0.39 is 5.41 Å². The number of anilines is 1. The zero-order valence-electron chi connectivity index (χ0n) is 16.7. The van der Waals surface area contributed by atoms with Gasteiger partial charge in [-0.25, -0.2) is 9.37 Å². The first-order chi connectivity index (χ1) is 13.7. The summed E-state index contributed by atoms with van der Waals surface area (Å²) in [7, 11) is 0. The molecule has 0 aliphatic heterocycles. The van der Waals surface area contributed by atoms with E-state index in [9.17, 15) is 9.18 Å². The molecule has 0 saturated heterocycles. The topological polar surface area (TPSA) is 51.2 Å². The number of halogens is 1. The molecule has 3 aromatic rings. The summed E-state index contributed by atoms with van der Waals surface area (Å²) < 4.78 is 18.7. The van der Waals surface area contributed by atoms with E-state index in [0.717, 1.165) is 11.1 Å². The van der Waals surface area contributed by atoms with Crippen LogP contribution in [0.5, 0.6) is 11.5 Å². The van der Waals surface area contributed by atoms with Gasteiger partial charge in [0.2, 0.25) is 5.91 Å². The first kappa shape index (κ1) is 20.3. The second-order valence-corrected chi connectivity index (χ2v) is 7.66. The van der Waals surface area contributed by atoms with Crippen molar-refractivity contribution in [1.82, 2.24) is 4.98 Å². The fourth-order valence-electron chi connectivity index (χ4n) is 2.52. The molecule has 1 N–H and O–H groups in total. The fourth-order valence-corrected chi connectivity index (χ4v) is 2.52. The number of carbonyl (C=O) groups is 1. The first-order valence-corrected chi connectivity index (χ1v) is 9.24. The van der Waals surface area contributed by atoms with Gasteiger partial charge in [-0.05, 0) is 66.2 Å². The van der Waals surface area contributed by atoms with Gasteiger partial charge in [-0.3, -0.25) is 4.79 Å². The molecule has 2 aromatic carbocycles. The number of benzene rings is 2. The highest BCUT2D eigenvalue weighted by Gasteiger charge is 2.21. The summed E-state index contributed by atoms with van der Waals surface area (Å²) in [6.45, 7) is 9.36. The van der Waals surface area contributed by atoms with Gasteiger partial charge in [-0.15, -0.1) is 0 Å². The summed E-state index contributed by atoms with van der Waals surface area (Å²) in [5.41, 5.74) is 1.91. The minimum absolute atomic E-state index is 0.111. The fraction of sp³-hybridized carbons (Fsp3) is 0.167. The molecule has 3 rings (SSSR count). The van der Waals surface area contributed by atoms with Crippen LogP contribution in [-0.2, 0) is 4.79 Å². The largest absolute Gasteiger partial charge is 0.457 e. The van der Waals surface area contributed by atoms with Gasteiger partial charge in [-0.2, -0.15) is 0 Å². The summed E-state index contributed by atoms with van der Waals surface area (Å²) in [6.07, 6.45) is 1.71. The van der Waals surface area contributed by atoms with E-state index in [1.807, 2.05) is 51.1 Å². The smallest absolute Gasteiger partial charge is 0.230 e. The maximum absolute atomic E-state index is 13.0. The monoisotopic (exact) mass is 390 g/mol. The van der Waals surface area contributed by atoms with Crippen molar-refractivity contribution in [3.8, 4) is 22.8 Å². The van der Waals surface area contributed by atoms with Gasteiger partial charge < -0.3 is 10.1 Å². The number of nitrogens with zero attached hydrogens (tertiary/aromatic N) is 1. The van der Waals surface area contributed by atoms with Gasteiger partial charge in [0.15, 0.2) is 0 Å². The quantitative estimate of drug-likeness (QED) is 0.555. The molecule has 0 aliphatic carbocycles. The molecule has 148 valence electrons. The molecular formula is C24H23FN2O2. The third-order valence-corrected chi connectivity index (χ3v) is 4.21. The summed E-state index contributed by atoms with van der Waals surface area (Å²) >= 11 is 0. The van der Waals surface area contributed by atoms with Crippen molar-refractivity contribution in [3.63, 3.8) is 0 Å². The van der Waals surface area contributed by atoms with Crippen LogP contribution in [0.25, 0.3) is 17.3 Å². The molecule has 1 aromatic heterocycles. The Labute approximate surface area is 170 Å². The molecule has 1 heterocycles. The molecule has 0 bridgehead atoms. The summed E-state index contributed by atoms with van der Waals surface area (Å²) in [4.78, 5) is 16.9. The summed E-state index contributed by atoms with van der Waals surface area (Å²) in [6, 6.07) is 16.9. The molecule has 5 heteroatoms. The third kappa shape index (κ3) is 5.29. The van der Waals surface area contributed by atoms with Crippen LogP contribution in [-0.4, -0.2) is 10.9 Å². The number of amides is 1. The lowest BCUT2D eigenvalue weighted by molar-refractivity contribution is -0.123. The van der Waals surface area contributed by atoms with E-state index >= 15 is 0 Å². The van der Waals surface area contributed by atoms with Crippen molar-refractivity contribution in [2.24, 2.45) is 5.41 Å². The number of rotatable bonds is 5. The minimum Gasteiger partial charge on any atom is -0.457 e. The standard InChI is InChI=1S/C24H23FN2O2/c1-5-16-14-21(26-22(15-16)27-23(28)24(2,3)4)17-6-10-19(11-7-17)29-20-12-8-18(25)9-13-20/h5-15H,1H2,2-4H3,(H,26,27,28). The Kier molecular flexibility index (Phi) is 5.78. The SMILES string of the molecule is C=Cc1cc(NC(=O)C(C)(C)C)nc(-c2ccc(Oc3ccc(F)cc3)cc2)c1. The minimum atomic E-state index is -0.522. The van der Waals surface area contributed by atoms with Crippen LogP contribution < -0.4 is 10.1 Å². The van der Waals surface area contributed by atoms with Crippen molar-refractivity contribution in [1.29, 1.82) is 0 Å². The second-order valence-electron chi connectivity index (χ2n) is 7.66. The summed E-state index contributed by atoms with van der Waals surface area (Å²) in [5.74, 6) is 1.24. The van der Waals surface area contributed by atoms with Gasteiger partial charge in [0.1, 0.15) is 23.1 Å².